The van der Waals surface area contributed by atoms with Gasteiger partial charge in [-0.2, -0.15) is 0 Å². The third-order valence-corrected chi connectivity index (χ3v) is 6.44. The fraction of sp³-hybridized carbons (Fsp3) is 1.00. The Morgan fingerprint density at radius 3 is 2.35 bits per heavy atom. The van der Waals surface area contributed by atoms with Crippen molar-refractivity contribution in [1.29, 1.82) is 0 Å². The molecule has 1 N–H and O–H groups in total. The first-order valence-electron chi connectivity index (χ1n) is 7.98. The Morgan fingerprint density at radius 2 is 1.80 bits per heavy atom. The van der Waals surface area contributed by atoms with Gasteiger partial charge in [0.1, 0.15) is 0 Å². The number of piperidine rings is 1. The van der Waals surface area contributed by atoms with E-state index >= 15 is 0 Å². The molecule has 2 heterocycles. The number of hydrogen-bond acceptors (Lipinski definition) is 4. The molecule has 0 unspecified atom stereocenters. The van der Waals surface area contributed by atoms with E-state index in [1.54, 1.807) is 0 Å². The fourth-order valence-electron chi connectivity index (χ4n) is 2.81. The minimum atomic E-state index is -1.93. The van der Waals surface area contributed by atoms with Gasteiger partial charge in [0.2, 0.25) is 0 Å². The van der Waals surface area contributed by atoms with Crippen molar-refractivity contribution >= 4 is 9.73 Å². The van der Waals surface area contributed by atoms with E-state index in [2.05, 4.69) is 35.4 Å². The molecule has 4 nitrogen and oxygen atoms in total. The maximum absolute atomic E-state index is 12.7. The van der Waals surface area contributed by atoms with Gasteiger partial charge in [0.25, 0.3) is 0 Å². The van der Waals surface area contributed by atoms with E-state index in [4.69, 9.17) is 0 Å². The molecule has 0 radical (unpaired) electrons. The van der Waals surface area contributed by atoms with Crippen LogP contribution in [0.5, 0.6) is 0 Å². The second-order valence-corrected chi connectivity index (χ2v) is 10.1. The predicted octanol–water partition coefficient (Wildman–Crippen LogP) is 1.82. The van der Waals surface area contributed by atoms with Crippen LogP contribution in [0.15, 0.2) is 4.36 Å². The molecule has 5 heteroatoms. The first-order valence-corrected chi connectivity index (χ1v) is 9.83. The van der Waals surface area contributed by atoms with Crippen LogP contribution in [-0.4, -0.2) is 59.9 Å². The molecule has 0 aromatic carbocycles. The van der Waals surface area contributed by atoms with Crippen molar-refractivity contribution in [2.45, 2.75) is 33.6 Å². The quantitative estimate of drug-likeness (QED) is 0.865. The summed E-state index contributed by atoms with van der Waals surface area (Å²) < 4.78 is 17.2. The van der Waals surface area contributed by atoms with Crippen molar-refractivity contribution in [2.24, 2.45) is 15.7 Å². The highest BCUT2D eigenvalue weighted by atomic mass is 32.2. The van der Waals surface area contributed by atoms with Crippen molar-refractivity contribution in [3.05, 3.63) is 0 Å². The molecule has 0 aliphatic carbocycles. The third kappa shape index (κ3) is 5.34. The molecule has 20 heavy (non-hydrogen) atoms. The first-order chi connectivity index (χ1) is 9.36. The number of hydrogen-bond donors (Lipinski definition) is 1. The standard InChI is InChI=1S/C15H31N3OS/c1-15(2,3)13-17-20(19)10-8-18(9-11-20)12-14-4-6-16-7-5-14/h14,16H,4-13H2,1-3H3. The van der Waals surface area contributed by atoms with Crippen LogP contribution < -0.4 is 5.32 Å². The Kier molecular flexibility index (Phi) is 5.49. The molecule has 2 rings (SSSR count). The van der Waals surface area contributed by atoms with Crippen LogP contribution in [0.2, 0.25) is 0 Å². The predicted molar refractivity (Wildman–Crippen MR) is 86.7 cm³/mol. The van der Waals surface area contributed by atoms with Crippen molar-refractivity contribution in [1.82, 2.24) is 10.2 Å². The molecule has 2 aliphatic rings. The van der Waals surface area contributed by atoms with Gasteiger partial charge in [0.05, 0.1) is 6.54 Å². The van der Waals surface area contributed by atoms with Crippen LogP contribution >= 0.6 is 0 Å². The summed E-state index contributed by atoms with van der Waals surface area (Å²) in [4.78, 5) is 2.51. The molecule has 0 amide bonds. The highest BCUT2D eigenvalue weighted by Gasteiger charge is 2.24. The van der Waals surface area contributed by atoms with E-state index in [1.165, 1.54) is 19.4 Å². The largest absolute Gasteiger partial charge is 0.317 e. The van der Waals surface area contributed by atoms with E-state index in [1.807, 2.05) is 0 Å². The number of rotatable bonds is 3. The van der Waals surface area contributed by atoms with Gasteiger partial charge in [0.15, 0.2) is 0 Å². The third-order valence-electron chi connectivity index (χ3n) is 4.20. The number of nitrogens with zero attached hydrogens (tertiary/aromatic N) is 2. The van der Waals surface area contributed by atoms with E-state index in [9.17, 15) is 4.21 Å². The van der Waals surface area contributed by atoms with E-state index in [0.29, 0.717) is 0 Å². The molecule has 0 atom stereocenters. The highest BCUT2D eigenvalue weighted by Crippen LogP contribution is 2.18. The monoisotopic (exact) mass is 301 g/mol. The zero-order valence-corrected chi connectivity index (χ0v) is 14.2. The van der Waals surface area contributed by atoms with E-state index < -0.39 is 9.73 Å². The Hall–Kier alpha value is -0.130. The summed E-state index contributed by atoms with van der Waals surface area (Å²) in [5.41, 5.74) is 0.149. The lowest BCUT2D eigenvalue weighted by Gasteiger charge is -2.33. The Bertz CT molecular complexity index is 401. The van der Waals surface area contributed by atoms with Gasteiger partial charge in [0, 0.05) is 40.9 Å². The second kappa shape index (κ2) is 6.75. The Morgan fingerprint density at radius 1 is 1.20 bits per heavy atom. The topological polar surface area (TPSA) is 44.7 Å². The maximum Gasteiger partial charge on any atom is 0.0532 e. The lowest BCUT2D eigenvalue weighted by molar-refractivity contribution is 0.219. The highest BCUT2D eigenvalue weighted by molar-refractivity contribution is 7.93. The van der Waals surface area contributed by atoms with Gasteiger partial charge in [-0.15, -0.1) is 0 Å². The lowest BCUT2D eigenvalue weighted by Crippen LogP contribution is -2.44. The minimum absolute atomic E-state index is 0.149. The molecular formula is C15H31N3OS. The van der Waals surface area contributed by atoms with Crippen molar-refractivity contribution < 1.29 is 4.21 Å². The molecule has 0 saturated carbocycles. The van der Waals surface area contributed by atoms with Gasteiger partial charge in [-0.3, -0.25) is 0 Å². The molecule has 0 aromatic rings. The molecule has 2 aliphatic heterocycles. The Balaban J connectivity index is 1.80. The summed E-state index contributed by atoms with van der Waals surface area (Å²) in [5, 5.41) is 3.42. The van der Waals surface area contributed by atoms with Crippen LogP contribution in [0.4, 0.5) is 0 Å². The van der Waals surface area contributed by atoms with Crippen molar-refractivity contribution in [3.8, 4) is 0 Å². The van der Waals surface area contributed by atoms with Gasteiger partial charge in [-0.1, -0.05) is 20.8 Å². The van der Waals surface area contributed by atoms with Crippen LogP contribution in [-0.2, 0) is 9.73 Å². The normalized spacial score (nSPS) is 25.6. The molecule has 0 spiro atoms. The van der Waals surface area contributed by atoms with Gasteiger partial charge in [-0.05, 0) is 37.3 Å². The first kappa shape index (κ1) is 16.2. The molecule has 2 saturated heterocycles. The maximum atomic E-state index is 12.7. The SMILES string of the molecule is CC(C)(C)CN=S1(=O)CCN(CC2CCNCC2)CC1. The zero-order chi connectivity index (χ0) is 14.6. The van der Waals surface area contributed by atoms with E-state index in [-0.39, 0.29) is 5.41 Å². The summed E-state index contributed by atoms with van der Waals surface area (Å²) in [6, 6.07) is 0. The smallest absolute Gasteiger partial charge is 0.0532 e. The molecule has 0 bridgehead atoms. The summed E-state index contributed by atoms with van der Waals surface area (Å²) >= 11 is 0. The lowest BCUT2D eigenvalue weighted by atomic mass is 9.97. The molecule has 2 fully saturated rings. The average molecular weight is 302 g/mol. The van der Waals surface area contributed by atoms with Crippen LogP contribution in [0.1, 0.15) is 33.6 Å². The second-order valence-electron chi connectivity index (χ2n) is 7.52. The minimum Gasteiger partial charge on any atom is -0.317 e. The summed E-state index contributed by atoms with van der Waals surface area (Å²) in [6.45, 7) is 12.7. The van der Waals surface area contributed by atoms with Crippen molar-refractivity contribution in [3.63, 3.8) is 0 Å². The number of nitrogens with one attached hydrogen (secondary N) is 1. The Labute approximate surface area is 124 Å². The summed E-state index contributed by atoms with van der Waals surface area (Å²) in [5.74, 6) is 2.37. The summed E-state index contributed by atoms with van der Waals surface area (Å²) in [6.07, 6.45) is 2.58. The van der Waals surface area contributed by atoms with Gasteiger partial charge in [-0.25, -0.2) is 8.57 Å². The average Bonchev–Trinajstić information content (AvgIpc) is 2.40. The molecule has 118 valence electrons. The van der Waals surface area contributed by atoms with E-state index in [0.717, 1.165) is 50.1 Å². The van der Waals surface area contributed by atoms with Gasteiger partial charge < -0.3 is 10.2 Å². The van der Waals surface area contributed by atoms with Crippen LogP contribution in [0.25, 0.3) is 0 Å². The van der Waals surface area contributed by atoms with Crippen LogP contribution in [0, 0.1) is 11.3 Å². The summed E-state index contributed by atoms with van der Waals surface area (Å²) in [7, 11) is -1.93. The molecular weight excluding hydrogens is 270 g/mol. The fourth-order valence-corrected chi connectivity index (χ4v) is 4.98. The van der Waals surface area contributed by atoms with Gasteiger partial charge >= 0.3 is 0 Å². The van der Waals surface area contributed by atoms with Crippen molar-refractivity contribution in [2.75, 3.05) is 50.8 Å². The zero-order valence-electron chi connectivity index (χ0n) is 13.4. The van der Waals surface area contributed by atoms with Crippen LogP contribution in [0.3, 0.4) is 0 Å². The molecule has 0 aromatic heterocycles.